The van der Waals surface area contributed by atoms with Gasteiger partial charge < -0.3 is 40.1 Å². The molecule has 6 atom stereocenters. The molecule has 5 N–H and O–H groups in total. The van der Waals surface area contributed by atoms with E-state index in [0.29, 0.717) is 25.0 Å². The Morgan fingerprint density at radius 3 is 2.59 bits per heavy atom. The number of methoxy groups -OCH3 is 1. The molecule has 13 nitrogen and oxygen atoms in total. The lowest BCUT2D eigenvalue weighted by Gasteiger charge is -2.46. The van der Waals surface area contributed by atoms with Crippen molar-refractivity contribution in [2.75, 3.05) is 13.7 Å². The average molecular weight is 577 g/mol. The summed E-state index contributed by atoms with van der Waals surface area (Å²) in [6.07, 6.45) is -1.83. The highest BCUT2D eigenvalue weighted by Gasteiger charge is 2.56. The molecule has 0 saturated carbocycles. The minimum absolute atomic E-state index is 0.153. The van der Waals surface area contributed by atoms with Gasteiger partial charge in [0.15, 0.2) is 0 Å². The van der Waals surface area contributed by atoms with Crippen LogP contribution in [0.5, 0.6) is 0 Å². The highest BCUT2D eigenvalue weighted by molar-refractivity contribution is 5.78. The van der Waals surface area contributed by atoms with E-state index in [0.717, 1.165) is 23.8 Å². The lowest BCUT2D eigenvalue weighted by Crippen LogP contribution is -2.62. The van der Waals surface area contributed by atoms with E-state index in [1.165, 1.54) is 13.1 Å². The number of carbonyl (C=O) groups excluding carboxylic acids is 3. The van der Waals surface area contributed by atoms with E-state index in [4.69, 9.17) is 19.9 Å². The van der Waals surface area contributed by atoms with Gasteiger partial charge in [-0.15, -0.1) is 5.10 Å². The molecule has 2 aromatic rings. The lowest BCUT2D eigenvalue weighted by atomic mass is 9.80. The van der Waals surface area contributed by atoms with E-state index in [1.807, 2.05) is 30.3 Å². The van der Waals surface area contributed by atoms with Crippen molar-refractivity contribution in [1.29, 1.82) is 0 Å². The van der Waals surface area contributed by atoms with E-state index in [9.17, 15) is 29.7 Å². The number of ether oxygens (including phenoxy) is 3. The summed E-state index contributed by atoms with van der Waals surface area (Å²) in [5.74, 6) is -2.35. The summed E-state index contributed by atoms with van der Waals surface area (Å²) in [4.78, 5) is 37.0. The van der Waals surface area contributed by atoms with Gasteiger partial charge in [0.25, 0.3) is 5.72 Å². The van der Waals surface area contributed by atoms with Crippen LogP contribution < -0.4 is 5.73 Å². The number of unbranched alkanes of at least 4 members (excludes halogenated alkanes) is 2. The van der Waals surface area contributed by atoms with E-state index < -0.39 is 42.0 Å². The van der Waals surface area contributed by atoms with Crippen molar-refractivity contribution in [2.45, 2.75) is 88.6 Å². The van der Waals surface area contributed by atoms with E-state index in [1.54, 1.807) is 0 Å². The number of nitrogens with two attached hydrogens (primary N) is 1. The number of hydrogen-bond acceptors (Lipinski definition) is 12. The molecule has 3 rings (SSSR count). The molecule has 1 saturated heterocycles. The zero-order valence-corrected chi connectivity index (χ0v) is 23.4. The Labute approximate surface area is 238 Å². The quantitative estimate of drug-likeness (QED) is 0.168. The molecule has 1 aromatic heterocycles. The third-order valence-electron chi connectivity index (χ3n) is 7.20. The molecule has 2 heterocycles. The van der Waals surface area contributed by atoms with Crippen LogP contribution in [-0.2, 0) is 47.3 Å². The molecule has 4 unspecified atom stereocenters. The van der Waals surface area contributed by atoms with Crippen molar-refractivity contribution in [2.24, 2.45) is 11.7 Å². The van der Waals surface area contributed by atoms with Crippen molar-refractivity contribution in [1.82, 2.24) is 15.0 Å². The minimum atomic E-state index is -2.00. The summed E-state index contributed by atoms with van der Waals surface area (Å²) >= 11 is 0. The molecule has 0 bridgehead atoms. The van der Waals surface area contributed by atoms with E-state index >= 15 is 0 Å². The second-order valence-electron chi connectivity index (χ2n) is 10.4. The number of esters is 2. The monoisotopic (exact) mass is 576 g/mol. The summed E-state index contributed by atoms with van der Waals surface area (Å²) in [5, 5.41) is 40.2. The number of aliphatic hydroxyl groups is 3. The normalized spacial score (nSPS) is 23.9. The van der Waals surface area contributed by atoms with Gasteiger partial charge in [-0.2, -0.15) is 0 Å². The fourth-order valence-electron chi connectivity index (χ4n) is 4.96. The number of aliphatic hydroxyl groups excluding tert-OH is 3. The molecule has 1 fully saturated rings. The summed E-state index contributed by atoms with van der Waals surface area (Å²) in [6, 6.07) is 9.44. The van der Waals surface area contributed by atoms with Crippen LogP contribution in [0.15, 0.2) is 36.5 Å². The van der Waals surface area contributed by atoms with Gasteiger partial charge in [-0.25, -0.2) is 9.48 Å². The molecule has 1 aromatic carbocycles. The van der Waals surface area contributed by atoms with Crippen LogP contribution in [0, 0.1) is 5.92 Å². The van der Waals surface area contributed by atoms with Gasteiger partial charge in [-0.3, -0.25) is 4.79 Å². The summed E-state index contributed by atoms with van der Waals surface area (Å²) in [6.45, 7) is 1.25. The van der Waals surface area contributed by atoms with Gasteiger partial charge in [-0.1, -0.05) is 42.0 Å². The van der Waals surface area contributed by atoms with Crippen LogP contribution in [0.2, 0.25) is 0 Å². The van der Waals surface area contributed by atoms with Gasteiger partial charge in [-0.05, 0) is 31.7 Å². The third kappa shape index (κ3) is 8.39. The maximum atomic E-state index is 13.1. The Balaban J connectivity index is 1.63. The number of aryl methyl sites for hydroxylation is 1. The number of rotatable bonds is 15. The van der Waals surface area contributed by atoms with Crippen LogP contribution in [0.25, 0.3) is 0 Å². The van der Waals surface area contributed by atoms with E-state index in [2.05, 4.69) is 10.3 Å². The Hall–Kier alpha value is -3.23. The molecule has 13 heteroatoms. The Bertz CT molecular complexity index is 1140. The standard InChI is InChI=1S/C28H40N4O9/c1-18(33)13-21-22(34)14-28(27(38)39-2,41-26(21)25(37)23(35)15-29)32-16-20(30-31-32)11-7-4-8-12-24(36)40-17-19-9-5-3-6-10-19/h3,5-6,9-10,16,21-23,25-26,34-35,37H,4,7-8,11-15,17,29H2,1-2H3/t21?,22?,23-,25+,26?,28?/m1/s1. The van der Waals surface area contributed by atoms with Crippen molar-refractivity contribution < 1.29 is 43.9 Å². The number of hydrogen-bond donors (Lipinski definition) is 4. The molecule has 0 spiro atoms. The smallest absolute Gasteiger partial charge is 0.361 e. The van der Waals surface area contributed by atoms with Crippen LogP contribution >= 0.6 is 0 Å². The number of ketones is 1. The molecule has 1 aliphatic heterocycles. The first-order chi connectivity index (χ1) is 19.6. The largest absolute Gasteiger partial charge is 0.465 e. The van der Waals surface area contributed by atoms with Gasteiger partial charge in [0.05, 0.1) is 37.3 Å². The predicted molar refractivity (Wildman–Crippen MR) is 144 cm³/mol. The highest BCUT2D eigenvalue weighted by atomic mass is 16.6. The maximum absolute atomic E-state index is 13.1. The van der Waals surface area contributed by atoms with Crippen LogP contribution in [0.1, 0.15) is 56.7 Å². The van der Waals surface area contributed by atoms with Crippen molar-refractivity contribution in [3.05, 3.63) is 47.8 Å². The summed E-state index contributed by atoms with van der Waals surface area (Å²) in [5.41, 5.74) is 4.96. The first kappa shape index (κ1) is 32.3. The van der Waals surface area contributed by atoms with Crippen LogP contribution in [0.4, 0.5) is 0 Å². The summed E-state index contributed by atoms with van der Waals surface area (Å²) < 4.78 is 17.5. The first-order valence-corrected chi connectivity index (χ1v) is 13.7. The Kier molecular flexibility index (Phi) is 11.9. The number of aromatic nitrogens is 3. The summed E-state index contributed by atoms with van der Waals surface area (Å²) in [7, 11) is 1.14. The molecule has 0 aliphatic carbocycles. The number of nitrogens with zero attached hydrogens (tertiary/aromatic N) is 3. The number of Topliss-reactive ketones (excluding diaryl/α,β-unsaturated/α-hetero) is 1. The van der Waals surface area contributed by atoms with Gasteiger partial charge in [0.2, 0.25) is 0 Å². The molecule has 226 valence electrons. The van der Waals surface area contributed by atoms with E-state index in [-0.39, 0.29) is 44.2 Å². The minimum Gasteiger partial charge on any atom is -0.465 e. The molecule has 41 heavy (non-hydrogen) atoms. The average Bonchev–Trinajstić information content (AvgIpc) is 3.45. The Morgan fingerprint density at radius 2 is 1.93 bits per heavy atom. The van der Waals surface area contributed by atoms with Crippen molar-refractivity contribution in [3.8, 4) is 0 Å². The fraction of sp³-hybridized carbons (Fsp3) is 0.607. The highest BCUT2D eigenvalue weighted by Crippen LogP contribution is 2.40. The van der Waals surface area contributed by atoms with Gasteiger partial charge in [0, 0.05) is 31.7 Å². The van der Waals surface area contributed by atoms with Crippen molar-refractivity contribution in [3.63, 3.8) is 0 Å². The lowest BCUT2D eigenvalue weighted by molar-refractivity contribution is -0.268. The molecule has 0 radical (unpaired) electrons. The number of benzene rings is 1. The maximum Gasteiger partial charge on any atom is 0.361 e. The molecule has 1 aliphatic rings. The second-order valence-corrected chi connectivity index (χ2v) is 10.4. The van der Waals surface area contributed by atoms with Crippen LogP contribution in [-0.4, -0.2) is 86.1 Å². The topological polar surface area (TPSA) is 196 Å². The third-order valence-corrected chi connectivity index (χ3v) is 7.20. The number of carbonyl (C=O) groups is 3. The van der Waals surface area contributed by atoms with Crippen LogP contribution in [0.3, 0.4) is 0 Å². The Morgan fingerprint density at radius 1 is 1.20 bits per heavy atom. The zero-order valence-electron chi connectivity index (χ0n) is 23.4. The molecular weight excluding hydrogens is 536 g/mol. The predicted octanol–water partition coefficient (Wildman–Crippen LogP) is 0.376. The zero-order chi connectivity index (χ0) is 30.0. The van der Waals surface area contributed by atoms with Crippen molar-refractivity contribution >= 4 is 17.7 Å². The molecular formula is C28H40N4O9. The van der Waals surface area contributed by atoms with Gasteiger partial charge >= 0.3 is 11.9 Å². The molecule has 0 amide bonds. The van der Waals surface area contributed by atoms with Gasteiger partial charge in [0.1, 0.15) is 18.5 Å². The first-order valence-electron chi connectivity index (χ1n) is 13.7. The SMILES string of the molecule is COC(=O)C1(n2cc(CCCCCC(=O)OCc3ccccc3)nn2)CC(O)C(CC(C)=O)C([C@@H](O)[C@H](O)CN)O1. The second kappa shape index (κ2) is 15.1. The fourth-order valence-corrected chi connectivity index (χ4v) is 4.96.